The third-order valence-electron chi connectivity index (χ3n) is 7.80. The molecule has 1 saturated carbocycles. The molecule has 0 radical (unpaired) electrons. The van der Waals surface area contributed by atoms with Crippen molar-refractivity contribution in [2.45, 2.75) is 32.1 Å². The van der Waals surface area contributed by atoms with Crippen molar-refractivity contribution in [2.24, 2.45) is 11.8 Å². The second-order valence-electron chi connectivity index (χ2n) is 10.6. The molecule has 3 N–H and O–H groups in total. The Morgan fingerprint density at radius 2 is 1.54 bits per heavy atom. The maximum absolute atomic E-state index is 12.9. The third kappa shape index (κ3) is 5.66. The number of piperidine rings is 1. The number of hydrogen-bond acceptors (Lipinski definition) is 5. The molecule has 8 heteroatoms. The Hall–Kier alpha value is -4.17. The van der Waals surface area contributed by atoms with Gasteiger partial charge in [-0.05, 0) is 105 Å². The van der Waals surface area contributed by atoms with Gasteiger partial charge in [0.1, 0.15) is 0 Å². The second-order valence-corrected chi connectivity index (χ2v) is 10.6. The number of carbonyl (C=O) groups is 2. The highest BCUT2D eigenvalue weighted by Crippen LogP contribution is 2.30. The highest BCUT2D eigenvalue weighted by atomic mass is 16.3. The molecule has 0 unspecified atom stereocenters. The summed E-state index contributed by atoms with van der Waals surface area (Å²) in [5.41, 5.74) is 5.05. The summed E-state index contributed by atoms with van der Waals surface area (Å²) in [6.45, 7) is 2.22. The lowest BCUT2D eigenvalue weighted by molar-refractivity contribution is -0.117. The third-order valence-corrected chi connectivity index (χ3v) is 7.80. The van der Waals surface area contributed by atoms with Gasteiger partial charge < -0.3 is 20.6 Å². The van der Waals surface area contributed by atoms with Gasteiger partial charge in [0.25, 0.3) is 5.91 Å². The Morgan fingerprint density at radius 1 is 0.846 bits per heavy atom. The number of anilines is 3. The molecule has 1 saturated heterocycles. The molecule has 0 spiro atoms. The lowest BCUT2D eigenvalue weighted by Gasteiger charge is -2.33. The fourth-order valence-electron chi connectivity index (χ4n) is 5.28. The van der Waals surface area contributed by atoms with E-state index in [4.69, 9.17) is 5.11 Å². The molecule has 1 aliphatic heterocycles. The van der Waals surface area contributed by atoms with E-state index in [0.717, 1.165) is 73.2 Å². The van der Waals surface area contributed by atoms with Crippen molar-refractivity contribution in [3.05, 3.63) is 78.5 Å². The van der Waals surface area contributed by atoms with Gasteiger partial charge in [-0.25, -0.2) is 4.68 Å². The number of hydrogen-bond donors (Lipinski definition) is 3. The highest BCUT2D eigenvalue weighted by molar-refractivity contribution is 6.05. The number of benzene rings is 3. The molecule has 2 amide bonds. The number of nitrogens with zero attached hydrogens (tertiary/aromatic N) is 3. The van der Waals surface area contributed by atoms with Crippen molar-refractivity contribution in [3.8, 4) is 5.69 Å². The molecule has 200 valence electrons. The fourth-order valence-corrected chi connectivity index (χ4v) is 5.28. The molecule has 1 aromatic heterocycles. The van der Waals surface area contributed by atoms with E-state index < -0.39 is 0 Å². The number of aromatic nitrogens is 2. The largest absolute Gasteiger partial charge is 0.396 e. The zero-order valence-corrected chi connectivity index (χ0v) is 21.8. The number of rotatable bonds is 8. The predicted octanol–water partition coefficient (Wildman–Crippen LogP) is 5.23. The van der Waals surface area contributed by atoms with Crippen LogP contribution in [0.5, 0.6) is 0 Å². The first-order chi connectivity index (χ1) is 19.1. The van der Waals surface area contributed by atoms with Crippen LogP contribution in [0.25, 0.3) is 16.6 Å². The fraction of sp³-hybridized carbons (Fsp3) is 0.323. The summed E-state index contributed by atoms with van der Waals surface area (Å²) < 4.78 is 1.85. The molecule has 8 nitrogen and oxygen atoms in total. The zero-order chi connectivity index (χ0) is 26.8. The van der Waals surface area contributed by atoms with Crippen LogP contribution in [0.3, 0.4) is 0 Å². The maximum Gasteiger partial charge on any atom is 0.255 e. The van der Waals surface area contributed by atoms with Crippen LogP contribution in [0.2, 0.25) is 0 Å². The molecule has 39 heavy (non-hydrogen) atoms. The highest BCUT2D eigenvalue weighted by Gasteiger charge is 2.29. The molecule has 4 aromatic rings. The Morgan fingerprint density at radius 3 is 2.23 bits per heavy atom. The van der Waals surface area contributed by atoms with Gasteiger partial charge >= 0.3 is 0 Å². The minimum absolute atomic E-state index is 0.0906. The predicted molar refractivity (Wildman–Crippen MR) is 153 cm³/mol. The number of amides is 2. The molecule has 2 heterocycles. The Balaban J connectivity index is 1.09. The molecule has 3 aromatic carbocycles. The van der Waals surface area contributed by atoms with Crippen molar-refractivity contribution in [1.29, 1.82) is 0 Å². The standard InChI is InChI=1S/C31H33N5O3/c37-18-15-21-13-16-35(17-14-21)27-8-3-23(4-9-27)31(39)34-26-7-12-29-24(19-26)20-32-36(29)28-10-5-25(6-11-28)33-30(38)22-1-2-22/h3-12,19-22,37H,1-2,13-18H2,(H,33,38)(H,34,39). The van der Waals surface area contributed by atoms with Crippen LogP contribution in [0, 0.1) is 11.8 Å². The summed E-state index contributed by atoms with van der Waals surface area (Å²) in [6, 6.07) is 21.2. The van der Waals surface area contributed by atoms with Gasteiger partial charge in [-0.15, -0.1) is 0 Å². The monoisotopic (exact) mass is 523 g/mol. The lowest BCUT2D eigenvalue weighted by atomic mass is 9.93. The molecule has 6 rings (SSSR count). The van der Waals surface area contributed by atoms with Crippen molar-refractivity contribution >= 4 is 39.8 Å². The van der Waals surface area contributed by atoms with E-state index in [2.05, 4.69) is 20.6 Å². The van der Waals surface area contributed by atoms with Crippen LogP contribution in [-0.4, -0.2) is 46.4 Å². The number of nitrogens with one attached hydrogen (secondary N) is 2. The van der Waals surface area contributed by atoms with Crippen molar-refractivity contribution in [2.75, 3.05) is 35.2 Å². The lowest BCUT2D eigenvalue weighted by Crippen LogP contribution is -2.33. The summed E-state index contributed by atoms with van der Waals surface area (Å²) in [4.78, 5) is 27.3. The number of aliphatic hydroxyl groups is 1. The maximum atomic E-state index is 12.9. The van der Waals surface area contributed by atoms with Gasteiger partial charge in [-0.3, -0.25) is 9.59 Å². The summed E-state index contributed by atoms with van der Waals surface area (Å²) in [5.74, 6) is 0.707. The SMILES string of the molecule is O=C(Nc1ccc2c(cnn2-c2ccc(NC(=O)C3CC3)cc2)c1)c1ccc(N2CCC(CCO)CC2)cc1. The first kappa shape index (κ1) is 25.1. The van der Waals surface area contributed by atoms with E-state index in [1.807, 2.05) is 71.4 Å². The molecule has 0 atom stereocenters. The average molecular weight is 524 g/mol. The van der Waals surface area contributed by atoms with E-state index in [1.165, 1.54) is 0 Å². The van der Waals surface area contributed by atoms with E-state index in [-0.39, 0.29) is 24.3 Å². The molecule has 0 bridgehead atoms. The topological polar surface area (TPSA) is 99.5 Å². The van der Waals surface area contributed by atoms with Gasteiger partial charge in [-0.2, -0.15) is 5.10 Å². The Labute approximate surface area is 227 Å². The Bertz CT molecular complexity index is 1470. The van der Waals surface area contributed by atoms with E-state index in [9.17, 15) is 9.59 Å². The van der Waals surface area contributed by atoms with Gasteiger partial charge in [0.15, 0.2) is 0 Å². The molecule has 2 aliphatic rings. The second kappa shape index (κ2) is 10.9. The van der Waals surface area contributed by atoms with Crippen LogP contribution < -0.4 is 15.5 Å². The van der Waals surface area contributed by atoms with Gasteiger partial charge in [0.05, 0.1) is 17.4 Å². The van der Waals surface area contributed by atoms with Crippen LogP contribution in [0.1, 0.15) is 42.5 Å². The van der Waals surface area contributed by atoms with Crippen molar-refractivity contribution in [1.82, 2.24) is 9.78 Å². The zero-order valence-electron chi connectivity index (χ0n) is 21.8. The first-order valence-electron chi connectivity index (χ1n) is 13.7. The Kier molecular flexibility index (Phi) is 7.02. The van der Waals surface area contributed by atoms with Gasteiger partial charge in [0, 0.05) is 53.6 Å². The van der Waals surface area contributed by atoms with Crippen molar-refractivity contribution < 1.29 is 14.7 Å². The smallest absolute Gasteiger partial charge is 0.255 e. The quantitative estimate of drug-likeness (QED) is 0.294. The van der Waals surface area contributed by atoms with E-state index >= 15 is 0 Å². The minimum Gasteiger partial charge on any atom is -0.396 e. The summed E-state index contributed by atoms with van der Waals surface area (Å²) in [6.07, 6.45) is 6.80. The summed E-state index contributed by atoms with van der Waals surface area (Å²) in [5, 5.41) is 20.6. The van der Waals surface area contributed by atoms with Gasteiger partial charge in [-0.1, -0.05) is 0 Å². The molecular weight excluding hydrogens is 490 g/mol. The molecule has 2 fully saturated rings. The van der Waals surface area contributed by atoms with Crippen LogP contribution in [0.15, 0.2) is 72.9 Å². The average Bonchev–Trinajstić information content (AvgIpc) is 3.74. The van der Waals surface area contributed by atoms with E-state index in [0.29, 0.717) is 17.2 Å². The minimum atomic E-state index is -0.154. The van der Waals surface area contributed by atoms with Crippen molar-refractivity contribution in [3.63, 3.8) is 0 Å². The van der Waals surface area contributed by atoms with Crippen LogP contribution >= 0.6 is 0 Å². The normalized spacial score (nSPS) is 15.9. The molecular formula is C31H33N5O3. The number of fused-ring (bicyclic) bond motifs is 1. The number of carbonyl (C=O) groups excluding carboxylic acids is 2. The summed E-state index contributed by atoms with van der Waals surface area (Å²) in [7, 11) is 0. The molecule has 1 aliphatic carbocycles. The van der Waals surface area contributed by atoms with Crippen LogP contribution in [0.4, 0.5) is 17.1 Å². The first-order valence-corrected chi connectivity index (χ1v) is 13.7. The van der Waals surface area contributed by atoms with E-state index in [1.54, 1.807) is 6.20 Å². The van der Waals surface area contributed by atoms with Gasteiger partial charge in [0.2, 0.25) is 5.91 Å². The summed E-state index contributed by atoms with van der Waals surface area (Å²) >= 11 is 0. The van der Waals surface area contributed by atoms with Crippen LogP contribution in [-0.2, 0) is 4.79 Å². The number of aliphatic hydroxyl groups excluding tert-OH is 1.